The first-order chi connectivity index (χ1) is 26.6. The summed E-state index contributed by atoms with van der Waals surface area (Å²) < 4.78 is 53.1. The third-order valence-electron chi connectivity index (χ3n) is 9.11. The van der Waals surface area contributed by atoms with Crippen molar-refractivity contribution in [1.82, 2.24) is 24.4 Å². The van der Waals surface area contributed by atoms with Crippen molar-refractivity contribution in [2.45, 2.75) is 70.2 Å². The first kappa shape index (κ1) is 43.3. The van der Waals surface area contributed by atoms with Crippen LogP contribution >= 0.6 is 15.6 Å². The van der Waals surface area contributed by atoms with Crippen LogP contribution in [0, 0.1) is 0 Å². The molecule has 2 aliphatic heterocycles. The minimum absolute atomic E-state index is 0.0371. The number of aliphatic hydroxyl groups is 3. The summed E-state index contributed by atoms with van der Waals surface area (Å²) in [7, 11) is -11.0. The molecule has 5 heterocycles. The van der Waals surface area contributed by atoms with E-state index in [4.69, 9.17) is 25.5 Å². The van der Waals surface area contributed by atoms with Crippen molar-refractivity contribution >= 4 is 38.5 Å². The molecule has 23 heteroatoms. The summed E-state index contributed by atoms with van der Waals surface area (Å²) in [6.45, 7) is 8.41. The number of aliphatic hydroxyl groups excluding tert-OH is 3. The molecule has 1 aromatic carbocycles. The zero-order valence-corrected chi connectivity index (χ0v) is 32.5. The maximum atomic E-state index is 12.6. The Kier molecular flexibility index (Phi) is 14.4. The Labute approximate surface area is 321 Å². The number of carbonyl (C=O) groups excluding carboxylic acids is 1. The summed E-state index contributed by atoms with van der Waals surface area (Å²) in [5.74, 6) is -0.253. The largest absolute Gasteiger partial charge is 0.756 e. The Balaban J connectivity index is 0.000000784. The Morgan fingerprint density at radius 1 is 1.00 bits per heavy atom. The highest BCUT2D eigenvalue weighted by atomic mass is 31.3. The number of ether oxygens (including phenoxy) is 2. The van der Waals surface area contributed by atoms with Crippen LogP contribution in [0.4, 0.5) is 5.82 Å². The van der Waals surface area contributed by atoms with Gasteiger partial charge < -0.3 is 55.5 Å². The van der Waals surface area contributed by atoms with Crippen LogP contribution in [0.2, 0.25) is 0 Å². The Morgan fingerprint density at radius 3 is 2.32 bits per heavy atom. The standard InChI is InChI=1S/C27H31N7O13P2.C6H15N/c28-23-20-26(31-13-30-23)34(25(32-20)14-5-2-1-3-6-14)19-9-16(35)17(45-19)11-43-48(39,40)47-49(41,42)44-12-18-21(36)22(37)27(46-18)33-8-4-7-15(10-33)24(29)38;1-4-7(5-2)6-3/h1-8,10,13,16-19,21-22,27,35-37H,9,11-12H2,(H5-,28,29,30,31,38,39,40,41,42);4-6H2,1-3H3/t16-,17+,18+,19+,21+,22+,27+;/m0./s1. The highest BCUT2D eigenvalue weighted by Gasteiger charge is 2.49. The van der Waals surface area contributed by atoms with Crippen LogP contribution in [0.1, 0.15) is 50.0 Å². The van der Waals surface area contributed by atoms with E-state index in [2.05, 4.69) is 49.5 Å². The fourth-order valence-electron chi connectivity index (χ4n) is 6.10. The predicted molar refractivity (Wildman–Crippen MR) is 195 cm³/mol. The lowest BCUT2D eigenvalue weighted by molar-refractivity contribution is -0.765. The van der Waals surface area contributed by atoms with Gasteiger partial charge in [-0.15, -0.1) is 0 Å². The number of phosphoric ester groups is 2. The van der Waals surface area contributed by atoms with Gasteiger partial charge in [-0.2, -0.15) is 4.57 Å². The number of nitrogen functional groups attached to an aromatic ring is 1. The average Bonchev–Trinajstić information content (AvgIpc) is 3.83. The Bertz CT molecular complexity index is 2040. The van der Waals surface area contributed by atoms with E-state index in [-0.39, 0.29) is 23.3 Å². The number of nitrogens with two attached hydrogens (primary N) is 2. The second-order valence-electron chi connectivity index (χ2n) is 12.7. The van der Waals surface area contributed by atoms with Crippen molar-refractivity contribution < 1.29 is 66.4 Å². The Hall–Kier alpha value is -3.79. The molecule has 8 N–H and O–H groups in total. The molecule has 2 aliphatic rings. The van der Waals surface area contributed by atoms with Crippen molar-refractivity contribution in [2.75, 3.05) is 38.6 Å². The lowest BCUT2D eigenvalue weighted by atomic mass is 10.1. The number of carbonyl (C=O) groups is 1. The van der Waals surface area contributed by atoms with E-state index in [0.717, 1.165) is 0 Å². The molecule has 0 aliphatic carbocycles. The van der Waals surface area contributed by atoms with Crippen molar-refractivity contribution in [2.24, 2.45) is 5.73 Å². The van der Waals surface area contributed by atoms with Crippen molar-refractivity contribution in [3.05, 3.63) is 66.7 Å². The normalized spacial score (nSPS) is 25.8. The molecular weight excluding hydrogens is 778 g/mol. The summed E-state index contributed by atoms with van der Waals surface area (Å²) in [6, 6.07) is 11.8. The predicted octanol–water partition coefficient (Wildman–Crippen LogP) is 0.396. The first-order valence-electron chi connectivity index (χ1n) is 17.6. The van der Waals surface area contributed by atoms with Crippen LogP contribution in [-0.4, -0.2) is 114 Å². The molecule has 4 aromatic rings. The van der Waals surface area contributed by atoms with Crippen molar-refractivity contribution in [1.29, 1.82) is 0 Å². The number of rotatable bonds is 15. The number of hydrogen-bond donors (Lipinski definition) is 6. The maximum Gasteiger partial charge on any atom is 0.478 e. The lowest BCUT2D eigenvalue weighted by Crippen LogP contribution is -2.46. The van der Waals surface area contributed by atoms with Gasteiger partial charge in [0, 0.05) is 18.1 Å². The molecule has 1 amide bonds. The van der Waals surface area contributed by atoms with Gasteiger partial charge in [0.25, 0.3) is 20.0 Å². The number of primary amides is 1. The Morgan fingerprint density at radius 2 is 1.68 bits per heavy atom. The SMILES string of the molecule is CCN(CC)CC.NC(=O)c1ccc[n+]([C@@H]2O[C@H](COP(=O)([O-])OP(=O)(O)OC[C@H]3O[C@@H](n4c(-c5ccccc5)nc5c(N)ncnc54)C[C@@H]3O)[C@@H](O)[C@H]2O)c1. The number of fused-ring (bicyclic) bond motifs is 1. The number of amides is 1. The summed E-state index contributed by atoms with van der Waals surface area (Å²) in [5.41, 5.74) is 12.6. The van der Waals surface area contributed by atoms with Gasteiger partial charge in [0.05, 0.1) is 19.3 Å². The summed E-state index contributed by atoms with van der Waals surface area (Å²) in [4.78, 5) is 49.3. The molecule has 306 valence electrons. The number of pyridine rings is 1. The molecule has 6 rings (SSSR count). The summed E-state index contributed by atoms with van der Waals surface area (Å²) >= 11 is 0. The quantitative estimate of drug-likeness (QED) is 0.0698. The van der Waals surface area contributed by atoms with Gasteiger partial charge in [-0.3, -0.25) is 18.5 Å². The van der Waals surface area contributed by atoms with E-state index in [0.29, 0.717) is 17.0 Å². The fourth-order valence-corrected chi connectivity index (χ4v) is 8.15. The molecule has 0 radical (unpaired) electrons. The molecule has 2 fully saturated rings. The van der Waals surface area contributed by atoms with Crippen LogP contribution in [0.25, 0.3) is 22.6 Å². The van der Waals surface area contributed by atoms with E-state index in [9.17, 15) is 39.0 Å². The van der Waals surface area contributed by atoms with Crippen molar-refractivity contribution in [3.63, 3.8) is 0 Å². The van der Waals surface area contributed by atoms with Gasteiger partial charge in [-0.25, -0.2) is 23.8 Å². The van der Waals surface area contributed by atoms with E-state index in [1.165, 1.54) is 55.1 Å². The summed E-state index contributed by atoms with van der Waals surface area (Å²) in [5, 5.41) is 31.6. The van der Waals surface area contributed by atoms with E-state index < -0.39 is 77.7 Å². The molecule has 0 saturated carbocycles. The number of benzene rings is 1. The third-order valence-corrected chi connectivity index (χ3v) is 11.7. The third kappa shape index (κ3) is 10.4. The molecule has 21 nitrogen and oxygen atoms in total. The molecule has 0 spiro atoms. The molecule has 9 atom stereocenters. The van der Waals surface area contributed by atoms with E-state index in [1.807, 2.05) is 6.07 Å². The molecular formula is C33H46N8O13P2. The molecule has 0 bridgehead atoms. The molecule has 2 unspecified atom stereocenters. The topological polar surface area (TPSA) is 304 Å². The van der Waals surface area contributed by atoms with Gasteiger partial charge in [0.1, 0.15) is 42.3 Å². The van der Waals surface area contributed by atoms with Gasteiger partial charge >= 0.3 is 7.82 Å². The van der Waals surface area contributed by atoms with E-state index in [1.54, 1.807) is 28.8 Å². The lowest BCUT2D eigenvalue weighted by Gasteiger charge is -2.26. The number of anilines is 1. The monoisotopic (exact) mass is 824 g/mol. The van der Waals surface area contributed by atoms with Gasteiger partial charge in [-0.05, 0) is 25.7 Å². The zero-order valence-electron chi connectivity index (χ0n) is 30.8. The molecule has 3 aromatic heterocycles. The minimum atomic E-state index is -5.60. The van der Waals surface area contributed by atoms with Gasteiger partial charge in [0.15, 0.2) is 35.5 Å². The second kappa shape index (κ2) is 18.6. The van der Waals surface area contributed by atoms with Crippen molar-refractivity contribution in [3.8, 4) is 11.4 Å². The zero-order chi connectivity index (χ0) is 40.8. The number of imidazole rings is 1. The molecule has 2 saturated heterocycles. The van der Waals surface area contributed by atoms with Crippen LogP contribution in [-0.2, 0) is 32.0 Å². The second-order valence-corrected chi connectivity index (χ2v) is 15.7. The number of phosphoric acid groups is 2. The van der Waals surface area contributed by atoms with E-state index >= 15 is 0 Å². The van der Waals surface area contributed by atoms with Crippen LogP contribution in [0.5, 0.6) is 0 Å². The highest BCUT2D eigenvalue weighted by molar-refractivity contribution is 7.60. The number of aromatic nitrogens is 5. The number of nitrogens with zero attached hydrogens (tertiary/aromatic N) is 6. The van der Waals surface area contributed by atoms with Gasteiger partial charge in [-0.1, -0.05) is 51.1 Å². The van der Waals surface area contributed by atoms with Gasteiger partial charge in [0.2, 0.25) is 0 Å². The van der Waals surface area contributed by atoms with Crippen LogP contribution in [0.3, 0.4) is 0 Å². The van der Waals surface area contributed by atoms with Crippen LogP contribution in [0.15, 0.2) is 61.2 Å². The number of hydrogen-bond acceptors (Lipinski definition) is 17. The minimum Gasteiger partial charge on any atom is -0.756 e. The fraction of sp³-hybridized carbons (Fsp3) is 0.485. The molecule has 56 heavy (non-hydrogen) atoms. The van der Waals surface area contributed by atoms with Crippen LogP contribution < -0.4 is 20.9 Å². The first-order valence-corrected chi connectivity index (χ1v) is 20.6. The average molecular weight is 825 g/mol. The summed E-state index contributed by atoms with van der Waals surface area (Å²) in [6.07, 6.45) is -5.48. The smallest absolute Gasteiger partial charge is 0.478 e. The maximum absolute atomic E-state index is 12.6. The highest BCUT2D eigenvalue weighted by Crippen LogP contribution is 2.58.